The molecule has 0 amide bonds. The summed E-state index contributed by atoms with van der Waals surface area (Å²) in [5.41, 5.74) is 5.32. The highest BCUT2D eigenvalue weighted by Crippen LogP contribution is 2.43. The minimum absolute atomic E-state index is 0.143. The van der Waals surface area contributed by atoms with E-state index in [1.54, 1.807) is 0 Å². The summed E-state index contributed by atoms with van der Waals surface area (Å²) in [5, 5.41) is 8.87. The van der Waals surface area contributed by atoms with Crippen LogP contribution in [0.4, 0.5) is 0 Å². The zero-order valence-corrected chi connectivity index (χ0v) is 33.3. The van der Waals surface area contributed by atoms with Gasteiger partial charge >= 0.3 is 25.7 Å². The van der Waals surface area contributed by atoms with Crippen LogP contribution in [0, 0.1) is 0 Å². The number of hydrogen-bond donors (Lipinski definition) is 3. The predicted octanol–water partition coefficient (Wildman–Crippen LogP) is 10.1. The second-order valence-electron chi connectivity index (χ2n) is 13.4. The molecule has 0 heterocycles. The zero-order valence-electron chi connectivity index (χ0n) is 32.4. The van der Waals surface area contributed by atoms with Crippen LogP contribution in [0.15, 0.2) is 36.5 Å². The molecule has 0 spiro atoms. The summed E-state index contributed by atoms with van der Waals surface area (Å²) in [7, 11) is -4.71. The van der Waals surface area contributed by atoms with Crippen LogP contribution in [0.1, 0.15) is 168 Å². The standard InChI is InChI=1S/C40H72NO10P/c1-3-5-7-9-11-13-15-17-18-20-22-24-26-28-30-32-39(43)51-36(34-49-52(46,47)50-35-37(41)40(44)45)33-48-38(42)31-29-27-25-23-21-19-16-14-12-10-8-6-4-2/h5,7,11,13,17-18,36-37H,3-4,6,8-10,12,14-16,19-35,41H2,1-2H3,(H,44,45)(H,46,47)/b7-5+,13-11+,18-17+/t36-,37+/m1/s1. The number of allylic oxidation sites excluding steroid dienone is 6. The number of carbonyl (C=O) groups is 3. The van der Waals surface area contributed by atoms with E-state index < -0.39 is 51.1 Å². The van der Waals surface area contributed by atoms with E-state index in [-0.39, 0.29) is 19.4 Å². The number of carboxylic acids is 1. The Balaban J connectivity index is 4.44. The lowest BCUT2D eigenvalue weighted by Gasteiger charge is -2.20. The zero-order chi connectivity index (χ0) is 38.5. The lowest BCUT2D eigenvalue weighted by Crippen LogP contribution is -2.34. The summed E-state index contributed by atoms with van der Waals surface area (Å²) in [4.78, 5) is 45.8. The Kier molecular flexibility index (Phi) is 34.1. The molecular weight excluding hydrogens is 685 g/mol. The topological polar surface area (TPSA) is 172 Å². The summed E-state index contributed by atoms with van der Waals surface area (Å²) < 4.78 is 32.6. The van der Waals surface area contributed by atoms with Gasteiger partial charge in [-0.15, -0.1) is 0 Å². The Morgan fingerprint density at radius 2 is 1.08 bits per heavy atom. The van der Waals surface area contributed by atoms with Gasteiger partial charge in [-0.3, -0.25) is 23.4 Å². The van der Waals surface area contributed by atoms with E-state index in [2.05, 4.69) is 54.8 Å². The molecule has 1 unspecified atom stereocenters. The van der Waals surface area contributed by atoms with Crippen LogP contribution in [-0.2, 0) is 37.5 Å². The second-order valence-corrected chi connectivity index (χ2v) is 14.8. The molecule has 0 aliphatic rings. The molecule has 12 heteroatoms. The Bertz CT molecular complexity index is 1030. The lowest BCUT2D eigenvalue weighted by atomic mass is 10.0. The Labute approximate surface area is 314 Å². The van der Waals surface area contributed by atoms with Gasteiger partial charge in [-0.2, -0.15) is 0 Å². The molecule has 4 N–H and O–H groups in total. The Hall–Kier alpha value is -2.30. The largest absolute Gasteiger partial charge is 0.480 e. The van der Waals surface area contributed by atoms with Gasteiger partial charge in [-0.05, 0) is 44.9 Å². The molecule has 302 valence electrons. The molecule has 52 heavy (non-hydrogen) atoms. The Morgan fingerprint density at radius 1 is 0.615 bits per heavy atom. The summed E-state index contributed by atoms with van der Waals surface area (Å²) >= 11 is 0. The van der Waals surface area contributed by atoms with Crippen LogP contribution in [0.5, 0.6) is 0 Å². The number of rotatable bonds is 37. The molecule has 0 aliphatic carbocycles. The summed E-state index contributed by atoms with van der Waals surface area (Å²) in [6, 6.07) is -1.52. The molecule has 0 saturated carbocycles. The minimum atomic E-state index is -4.71. The first-order valence-electron chi connectivity index (χ1n) is 20.0. The molecule has 0 aromatic carbocycles. The van der Waals surface area contributed by atoms with E-state index in [4.69, 9.17) is 24.8 Å². The van der Waals surface area contributed by atoms with Crippen molar-refractivity contribution in [1.82, 2.24) is 0 Å². The fourth-order valence-electron chi connectivity index (χ4n) is 5.25. The molecule has 0 aliphatic heterocycles. The second kappa shape index (κ2) is 35.7. The lowest BCUT2D eigenvalue weighted by molar-refractivity contribution is -0.161. The van der Waals surface area contributed by atoms with E-state index in [1.807, 2.05) is 0 Å². The molecule has 0 aromatic rings. The normalized spacial score (nSPS) is 14.2. The number of phosphoric acid groups is 1. The van der Waals surface area contributed by atoms with Crippen LogP contribution in [-0.4, -0.2) is 59.9 Å². The van der Waals surface area contributed by atoms with Gasteiger partial charge in [0.1, 0.15) is 12.6 Å². The first kappa shape index (κ1) is 49.7. The van der Waals surface area contributed by atoms with Crippen molar-refractivity contribution in [3.63, 3.8) is 0 Å². The van der Waals surface area contributed by atoms with Crippen molar-refractivity contribution in [2.24, 2.45) is 5.73 Å². The highest BCUT2D eigenvalue weighted by atomic mass is 31.2. The third-order valence-corrected chi connectivity index (χ3v) is 9.35. The van der Waals surface area contributed by atoms with Gasteiger partial charge < -0.3 is 25.2 Å². The maximum atomic E-state index is 12.6. The monoisotopic (exact) mass is 757 g/mol. The average Bonchev–Trinajstić information content (AvgIpc) is 3.12. The molecule has 0 saturated heterocycles. The van der Waals surface area contributed by atoms with Crippen LogP contribution in [0.2, 0.25) is 0 Å². The number of phosphoric ester groups is 1. The summed E-state index contributed by atoms with van der Waals surface area (Å²) in [5.74, 6) is -2.40. The van der Waals surface area contributed by atoms with E-state index in [1.165, 1.54) is 57.8 Å². The summed E-state index contributed by atoms with van der Waals surface area (Å²) in [6.45, 7) is 2.66. The number of nitrogens with two attached hydrogens (primary N) is 1. The third-order valence-electron chi connectivity index (χ3n) is 8.40. The van der Waals surface area contributed by atoms with Crippen molar-refractivity contribution < 1.29 is 47.5 Å². The van der Waals surface area contributed by atoms with Gasteiger partial charge in [0.2, 0.25) is 0 Å². The molecule has 0 aromatic heterocycles. The van der Waals surface area contributed by atoms with Gasteiger partial charge in [-0.1, -0.05) is 147 Å². The number of unbranched alkanes of at least 4 members (excludes halogenated alkanes) is 17. The maximum absolute atomic E-state index is 12.6. The number of carboxylic acid groups (broad SMARTS) is 1. The summed E-state index contributed by atoms with van der Waals surface area (Å²) in [6.07, 6.45) is 36.4. The fraction of sp³-hybridized carbons (Fsp3) is 0.775. The molecule has 0 bridgehead atoms. The number of carbonyl (C=O) groups excluding carboxylic acids is 2. The maximum Gasteiger partial charge on any atom is 0.472 e. The molecular formula is C40H72NO10P. The first-order valence-corrected chi connectivity index (χ1v) is 21.5. The van der Waals surface area contributed by atoms with Gasteiger partial charge in [0.05, 0.1) is 13.2 Å². The smallest absolute Gasteiger partial charge is 0.472 e. The minimum Gasteiger partial charge on any atom is -0.480 e. The van der Waals surface area contributed by atoms with Crippen molar-refractivity contribution in [3.05, 3.63) is 36.5 Å². The SMILES string of the molecule is CC/C=C/C/C=C/C/C=C/CCCCCCCC(=O)O[C@H](COC(=O)CCCCCCCCCCCCCCC)COP(=O)(O)OC[C@H](N)C(=O)O. The van der Waals surface area contributed by atoms with Crippen molar-refractivity contribution in [2.75, 3.05) is 19.8 Å². The quantitative estimate of drug-likeness (QED) is 0.0238. The number of esters is 2. The fourth-order valence-corrected chi connectivity index (χ4v) is 6.03. The van der Waals surface area contributed by atoms with Crippen molar-refractivity contribution in [3.8, 4) is 0 Å². The van der Waals surface area contributed by atoms with Crippen molar-refractivity contribution in [2.45, 2.75) is 180 Å². The van der Waals surface area contributed by atoms with E-state index in [0.717, 1.165) is 70.6 Å². The Morgan fingerprint density at radius 3 is 1.62 bits per heavy atom. The molecule has 0 rings (SSSR count). The van der Waals surface area contributed by atoms with E-state index in [0.29, 0.717) is 12.8 Å². The van der Waals surface area contributed by atoms with Crippen LogP contribution < -0.4 is 5.73 Å². The number of aliphatic carboxylic acids is 1. The highest BCUT2D eigenvalue weighted by Gasteiger charge is 2.28. The predicted molar refractivity (Wildman–Crippen MR) is 208 cm³/mol. The van der Waals surface area contributed by atoms with Gasteiger partial charge in [0, 0.05) is 12.8 Å². The van der Waals surface area contributed by atoms with Crippen LogP contribution >= 0.6 is 7.82 Å². The first-order chi connectivity index (χ1) is 25.1. The van der Waals surface area contributed by atoms with Crippen molar-refractivity contribution >= 4 is 25.7 Å². The van der Waals surface area contributed by atoms with Gasteiger partial charge in [0.25, 0.3) is 0 Å². The van der Waals surface area contributed by atoms with Gasteiger partial charge in [-0.25, -0.2) is 4.57 Å². The van der Waals surface area contributed by atoms with E-state index >= 15 is 0 Å². The number of ether oxygens (including phenoxy) is 2. The molecule has 11 nitrogen and oxygen atoms in total. The molecule has 3 atom stereocenters. The number of hydrogen-bond acceptors (Lipinski definition) is 9. The van der Waals surface area contributed by atoms with Crippen LogP contribution in [0.3, 0.4) is 0 Å². The molecule has 0 radical (unpaired) electrons. The third kappa shape index (κ3) is 34.8. The van der Waals surface area contributed by atoms with Crippen molar-refractivity contribution in [1.29, 1.82) is 0 Å². The average molecular weight is 758 g/mol. The van der Waals surface area contributed by atoms with Gasteiger partial charge in [0.15, 0.2) is 6.10 Å². The van der Waals surface area contributed by atoms with E-state index in [9.17, 15) is 23.8 Å². The van der Waals surface area contributed by atoms with Crippen LogP contribution in [0.25, 0.3) is 0 Å². The molecule has 0 fully saturated rings. The highest BCUT2D eigenvalue weighted by molar-refractivity contribution is 7.47.